The van der Waals surface area contributed by atoms with E-state index in [1.807, 2.05) is 0 Å². The molecule has 100 valence electrons. The molecule has 0 spiro atoms. The smallest absolute Gasteiger partial charge is 0.333 e. The Bertz CT molecular complexity index is 882. The van der Waals surface area contributed by atoms with Gasteiger partial charge < -0.3 is 9.72 Å². The molecule has 0 unspecified atom stereocenters. The van der Waals surface area contributed by atoms with Crippen LogP contribution in [0, 0.1) is 0 Å². The normalized spacial score (nSPS) is 10.7. The van der Waals surface area contributed by atoms with Crippen LogP contribution in [0.1, 0.15) is 0 Å². The number of benzene rings is 1. The Morgan fingerprint density at radius 2 is 1.90 bits per heavy atom. The van der Waals surface area contributed by atoms with Gasteiger partial charge in [-0.15, -0.1) is 0 Å². The van der Waals surface area contributed by atoms with Gasteiger partial charge in [-0.1, -0.05) is 0 Å². The van der Waals surface area contributed by atoms with Crippen molar-refractivity contribution in [3.8, 4) is 11.4 Å². The molecule has 0 radical (unpaired) electrons. The number of nitrogens with one attached hydrogen (secondary N) is 1. The third-order valence-corrected chi connectivity index (χ3v) is 3.03. The van der Waals surface area contributed by atoms with Crippen LogP contribution >= 0.6 is 0 Å². The van der Waals surface area contributed by atoms with Gasteiger partial charge in [0, 0.05) is 18.5 Å². The van der Waals surface area contributed by atoms with Crippen molar-refractivity contribution in [2.45, 2.75) is 0 Å². The van der Waals surface area contributed by atoms with Gasteiger partial charge in [-0.2, -0.15) is 0 Å². The molecule has 0 fully saturated rings. The summed E-state index contributed by atoms with van der Waals surface area (Å²) in [5, 5.41) is 0.419. The Balaban J connectivity index is 2.36. The van der Waals surface area contributed by atoms with Gasteiger partial charge >= 0.3 is 5.69 Å². The molecule has 6 heteroatoms. The lowest BCUT2D eigenvalue weighted by Gasteiger charge is -2.07. The van der Waals surface area contributed by atoms with Crippen LogP contribution in [0.15, 0.2) is 52.3 Å². The van der Waals surface area contributed by atoms with Gasteiger partial charge in [-0.3, -0.25) is 9.78 Å². The molecule has 0 atom stereocenters. The minimum atomic E-state index is -0.498. The summed E-state index contributed by atoms with van der Waals surface area (Å²) in [5.74, 6) is 0.578. The topological polar surface area (TPSA) is 77.0 Å². The second-order valence-corrected chi connectivity index (χ2v) is 4.19. The van der Waals surface area contributed by atoms with E-state index in [1.165, 1.54) is 19.5 Å². The summed E-state index contributed by atoms with van der Waals surface area (Å²) in [5.41, 5.74) is 0.0492. The number of nitrogens with zero attached hydrogens (tertiary/aromatic N) is 2. The molecule has 0 aliphatic heterocycles. The van der Waals surface area contributed by atoms with Crippen molar-refractivity contribution in [2.24, 2.45) is 0 Å². The molecule has 20 heavy (non-hydrogen) atoms. The SMILES string of the molecule is COc1ccc2c(=O)n(-c3ccncc3)c(=O)[nH]c2c1. The van der Waals surface area contributed by atoms with Crippen molar-refractivity contribution in [3.05, 3.63) is 63.6 Å². The Morgan fingerprint density at radius 3 is 2.60 bits per heavy atom. The van der Waals surface area contributed by atoms with Crippen LogP contribution in [0.5, 0.6) is 5.75 Å². The number of pyridine rings is 1. The van der Waals surface area contributed by atoms with Crippen molar-refractivity contribution in [2.75, 3.05) is 7.11 Å². The summed E-state index contributed by atoms with van der Waals surface area (Å²) in [6.07, 6.45) is 3.05. The molecule has 0 saturated heterocycles. The van der Waals surface area contributed by atoms with Crippen LogP contribution in [0.25, 0.3) is 16.6 Å². The first-order valence-electron chi connectivity index (χ1n) is 5.94. The zero-order chi connectivity index (χ0) is 14.1. The van der Waals surface area contributed by atoms with Crippen LogP contribution in [-0.2, 0) is 0 Å². The van der Waals surface area contributed by atoms with Crippen LogP contribution in [0.3, 0.4) is 0 Å². The maximum atomic E-state index is 12.4. The van der Waals surface area contributed by atoms with Crippen LogP contribution in [0.4, 0.5) is 0 Å². The predicted molar refractivity (Wildman–Crippen MR) is 74.5 cm³/mol. The number of rotatable bonds is 2. The summed E-state index contributed by atoms with van der Waals surface area (Å²) in [4.78, 5) is 31.1. The van der Waals surface area contributed by atoms with Crippen molar-refractivity contribution in [1.82, 2.24) is 14.5 Å². The lowest BCUT2D eigenvalue weighted by Crippen LogP contribution is -2.33. The van der Waals surface area contributed by atoms with E-state index in [4.69, 9.17) is 4.74 Å². The van der Waals surface area contributed by atoms with E-state index in [9.17, 15) is 9.59 Å². The summed E-state index contributed by atoms with van der Waals surface area (Å²) in [7, 11) is 1.53. The van der Waals surface area contributed by atoms with E-state index >= 15 is 0 Å². The first kappa shape index (κ1) is 12.2. The molecular weight excluding hydrogens is 258 g/mol. The summed E-state index contributed by atoms with van der Waals surface area (Å²) < 4.78 is 6.16. The quantitative estimate of drug-likeness (QED) is 0.755. The molecule has 1 N–H and O–H groups in total. The number of hydrogen-bond donors (Lipinski definition) is 1. The molecule has 3 rings (SSSR count). The second kappa shape index (κ2) is 4.65. The highest BCUT2D eigenvalue weighted by Crippen LogP contribution is 2.15. The number of hydrogen-bond acceptors (Lipinski definition) is 4. The van der Waals surface area contributed by atoms with E-state index < -0.39 is 5.69 Å². The summed E-state index contributed by atoms with van der Waals surface area (Å²) in [6, 6.07) is 8.14. The summed E-state index contributed by atoms with van der Waals surface area (Å²) >= 11 is 0. The first-order chi connectivity index (χ1) is 9.70. The summed E-state index contributed by atoms with van der Waals surface area (Å²) in [6.45, 7) is 0. The number of aromatic amines is 1. The molecule has 2 heterocycles. The standard InChI is InChI=1S/C14H11N3O3/c1-20-10-2-3-11-12(8-10)16-14(19)17(13(11)18)9-4-6-15-7-5-9/h2-8H,1H3,(H,16,19). The minimum absolute atomic E-state index is 0.377. The average Bonchev–Trinajstić information content (AvgIpc) is 2.47. The number of methoxy groups -OCH3 is 1. The lowest BCUT2D eigenvalue weighted by atomic mass is 10.2. The highest BCUT2D eigenvalue weighted by molar-refractivity contribution is 5.79. The Labute approximate surface area is 113 Å². The molecule has 0 saturated carbocycles. The molecule has 0 bridgehead atoms. The second-order valence-electron chi connectivity index (χ2n) is 4.19. The van der Waals surface area contributed by atoms with Gasteiger partial charge in [0.2, 0.25) is 0 Å². The number of ether oxygens (including phenoxy) is 1. The third kappa shape index (κ3) is 1.87. The van der Waals surface area contributed by atoms with Crippen LogP contribution in [-0.4, -0.2) is 21.6 Å². The average molecular weight is 269 g/mol. The van der Waals surface area contributed by atoms with Crippen molar-refractivity contribution in [1.29, 1.82) is 0 Å². The maximum absolute atomic E-state index is 12.4. The van der Waals surface area contributed by atoms with Gasteiger partial charge in [-0.25, -0.2) is 9.36 Å². The third-order valence-electron chi connectivity index (χ3n) is 3.03. The van der Waals surface area contributed by atoms with Gasteiger partial charge in [0.1, 0.15) is 5.75 Å². The Hall–Kier alpha value is -2.89. The number of fused-ring (bicyclic) bond motifs is 1. The largest absolute Gasteiger partial charge is 0.497 e. The van der Waals surface area contributed by atoms with Gasteiger partial charge in [0.15, 0.2) is 0 Å². The van der Waals surface area contributed by atoms with Crippen molar-refractivity contribution in [3.63, 3.8) is 0 Å². The molecule has 2 aromatic heterocycles. The maximum Gasteiger partial charge on any atom is 0.333 e. The van der Waals surface area contributed by atoms with E-state index in [-0.39, 0.29) is 5.56 Å². The highest BCUT2D eigenvalue weighted by atomic mass is 16.5. The van der Waals surface area contributed by atoms with Gasteiger partial charge in [-0.05, 0) is 24.3 Å². The molecule has 1 aromatic carbocycles. The fourth-order valence-electron chi connectivity index (χ4n) is 2.05. The zero-order valence-corrected chi connectivity index (χ0v) is 10.7. The molecule has 0 amide bonds. The molecule has 0 aliphatic carbocycles. The number of aromatic nitrogens is 3. The van der Waals surface area contributed by atoms with E-state index in [2.05, 4.69) is 9.97 Å². The molecule has 6 nitrogen and oxygen atoms in total. The van der Waals surface area contributed by atoms with Crippen molar-refractivity contribution < 1.29 is 4.74 Å². The van der Waals surface area contributed by atoms with E-state index in [0.717, 1.165) is 4.57 Å². The van der Waals surface area contributed by atoms with Crippen LogP contribution in [0.2, 0.25) is 0 Å². The fraction of sp³-hybridized carbons (Fsp3) is 0.0714. The zero-order valence-electron chi connectivity index (χ0n) is 10.7. The minimum Gasteiger partial charge on any atom is -0.497 e. The van der Waals surface area contributed by atoms with Gasteiger partial charge in [0.25, 0.3) is 5.56 Å². The highest BCUT2D eigenvalue weighted by Gasteiger charge is 2.09. The lowest BCUT2D eigenvalue weighted by molar-refractivity contribution is 0.415. The Morgan fingerprint density at radius 1 is 1.15 bits per heavy atom. The Kier molecular flexibility index (Phi) is 2.83. The molecule has 0 aliphatic rings. The fourth-order valence-corrected chi connectivity index (χ4v) is 2.05. The van der Waals surface area contributed by atoms with E-state index in [0.29, 0.717) is 22.3 Å². The number of H-pyrrole nitrogens is 1. The molecule has 3 aromatic rings. The first-order valence-corrected chi connectivity index (χ1v) is 5.94. The van der Waals surface area contributed by atoms with Crippen molar-refractivity contribution >= 4 is 10.9 Å². The monoisotopic (exact) mass is 269 g/mol. The molecular formula is C14H11N3O3. The van der Waals surface area contributed by atoms with E-state index in [1.54, 1.807) is 30.3 Å². The van der Waals surface area contributed by atoms with Crippen LogP contribution < -0.4 is 16.0 Å². The van der Waals surface area contributed by atoms with Gasteiger partial charge in [0.05, 0.1) is 23.7 Å². The predicted octanol–water partition coefficient (Wildman–Crippen LogP) is 1.08.